The maximum Gasteiger partial charge on any atom is 0.0657 e. The van der Waals surface area contributed by atoms with E-state index in [1.165, 1.54) is 5.56 Å². The van der Waals surface area contributed by atoms with Gasteiger partial charge in [-0.05, 0) is 45.2 Å². The summed E-state index contributed by atoms with van der Waals surface area (Å²) in [6, 6.07) is 13.1. The van der Waals surface area contributed by atoms with Crippen LogP contribution in [0.4, 0.5) is 0 Å². The van der Waals surface area contributed by atoms with Crippen LogP contribution >= 0.6 is 0 Å². The van der Waals surface area contributed by atoms with Crippen molar-refractivity contribution in [3.05, 3.63) is 35.9 Å². The Balaban J connectivity index is 1.92. The fraction of sp³-hybridized carbons (Fsp3) is 0.562. The van der Waals surface area contributed by atoms with E-state index in [0.29, 0.717) is 0 Å². The highest BCUT2D eigenvalue weighted by atomic mass is 15.2. The quantitative estimate of drug-likeness (QED) is 0.813. The number of likely N-dealkylation sites (tertiary alicyclic amines) is 1. The third kappa shape index (κ3) is 3.11. The Morgan fingerprint density at radius 2 is 2.06 bits per heavy atom. The minimum Gasteiger partial charge on any atom is -0.298 e. The molecule has 1 fully saturated rings. The van der Waals surface area contributed by atoms with Crippen molar-refractivity contribution in [1.82, 2.24) is 4.90 Å². The number of rotatable bonds is 3. The zero-order valence-electron chi connectivity index (χ0n) is 11.4. The van der Waals surface area contributed by atoms with Crippen molar-refractivity contribution in [2.75, 3.05) is 13.1 Å². The smallest absolute Gasteiger partial charge is 0.0657 e. The molecule has 0 saturated carbocycles. The van der Waals surface area contributed by atoms with Crippen LogP contribution in [0.15, 0.2) is 30.3 Å². The van der Waals surface area contributed by atoms with Crippen molar-refractivity contribution in [3.8, 4) is 6.07 Å². The number of nitrogens with zero attached hydrogens (tertiary/aromatic N) is 2. The summed E-state index contributed by atoms with van der Waals surface area (Å²) in [5.41, 5.74) is 1.56. The van der Waals surface area contributed by atoms with Gasteiger partial charge in [-0.1, -0.05) is 30.3 Å². The lowest BCUT2D eigenvalue weighted by atomic mass is 9.83. The number of benzene rings is 1. The zero-order valence-corrected chi connectivity index (χ0v) is 11.4. The molecular weight excluding hydrogens is 220 g/mol. The van der Waals surface area contributed by atoms with Crippen molar-refractivity contribution in [2.45, 2.75) is 38.6 Å². The van der Waals surface area contributed by atoms with Gasteiger partial charge in [0.1, 0.15) is 0 Å². The second-order valence-corrected chi connectivity index (χ2v) is 5.85. The molecule has 1 aromatic rings. The second kappa shape index (κ2) is 5.54. The van der Waals surface area contributed by atoms with Gasteiger partial charge in [0, 0.05) is 18.0 Å². The first kappa shape index (κ1) is 13.1. The maximum atomic E-state index is 9.05. The Bertz CT molecular complexity index is 416. The predicted molar refractivity (Wildman–Crippen MR) is 74.1 cm³/mol. The molecule has 1 atom stereocenters. The number of hydrogen-bond acceptors (Lipinski definition) is 2. The third-order valence-electron chi connectivity index (χ3n) is 4.05. The highest BCUT2D eigenvalue weighted by molar-refractivity contribution is 5.15. The molecule has 0 amide bonds. The van der Waals surface area contributed by atoms with Gasteiger partial charge >= 0.3 is 0 Å². The van der Waals surface area contributed by atoms with Crippen molar-refractivity contribution in [2.24, 2.45) is 5.92 Å². The van der Waals surface area contributed by atoms with Crippen LogP contribution in [0.2, 0.25) is 0 Å². The van der Waals surface area contributed by atoms with E-state index >= 15 is 0 Å². The van der Waals surface area contributed by atoms with Gasteiger partial charge in [-0.3, -0.25) is 4.90 Å². The number of piperidine rings is 1. The number of hydrogen-bond donors (Lipinski definition) is 0. The van der Waals surface area contributed by atoms with Gasteiger partial charge in [0.15, 0.2) is 0 Å². The first-order valence-corrected chi connectivity index (χ1v) is 6.80. The van der Waals surface area contributed by atoms with E-state index in [4.69, 9.17) is 5.26 Å². The fourth-order valence-electron chi connectivity index (χ4n) is 2.88. The van der Waals surface area contributed by atoms with Gasteiger partial charge in [0.25, 0.3) is 0 Å². The molecule has 0 radical (unpaired) electrons. The van der Waals surface area contributed by atoms with Crippen LogP contribution in [-0.4, -0.2) is 23.5 Å². The lowest BCUT2D eigenvalue weighted by Gasteiger charge is -2.44. The molecule has 18 heavy (non-hydrogen) atoms. The van der Waals surface area contributed by atoms with E-state index < -0.39 is 0 Å². The Labute approximate surface area is 110 Å². The molecule has 1 heterocycles. The molecule has 1 saturated heterocycles. The molecule has 1 aromatic carbocycles. The molecule has 2 heteroatoms. The highest BCUT2D eigenvalue weighted by Gasteiger charge is 2.34. The first-order valence-electron chi connectivity index (χ1n) is 6.80. The molecule has 0 N–H and O–H groups in total. The maximum absolute atomic E-state index is 9.05. The van der Waals surface area contributed by atoms with Crippen LogP contribution in [0.1, 0.15) is 32.3 Å². The van der Waals surface area contributed by atoms with E-state index in [9.17, 15) is 0 Å². The van der Waals surface area contributed by atoms with Crippen LogP contribution in [0.3, 0.4) is 0 Å². The topological polar surface area (TPSA) is 27.0 Å². The standard InChI is InChI=1S/C16H22N2/c1-16(2)12-15(13-17)9-11-18(16)10-8-14-6-4-3-5-7-14/h3-7,15H,8-12H2,1-2H3. The lowest BCUT2D eigenvalue weighted by Crippen LogP contribution is -2.50. The Kier molecular flexibility index (Phi) is 4.04. The predicted octanol–water partition coefficient (Wildman–Crippen LogP) is 3.24. The van der Waals surface area contributed by atoms with Crippen molar-refractivity contribution in [1.29, 1.82) is 5.26 Å². The van der Waals surface area contributed by atoms with Crippen molar-refractivity contribution in [3.63, 3.8) is 0 Å². The Morgan fingerprint density at radius 1 is 1.33 bits per heavy atom. The van der Waals surface area contributed by atoms with Gasteiger partial charge in [0.05, 0.1) is 6.07 Å². The minimum atomic E-state index is 0.160. The van der Waals surface area contributed by atoms with Crippen LogP contribution in [0.5, 0.6) is 0 Å². The SMILES string of the molecule is CC1(C)CC(C#N)CCN1CCc1ccccc1. The van der Waals surface area contributed by atoms with E-state index in [1.807, 2.05) is 0 Å². The summed E-state index contributed by atoms with van der Waals surface area (Å²) in [6.45, 7) is 6.68. The highest BCUT2D eigenvalue weighted by Crippen LogP contribution is 2.31. The Morgan fingerprint density at radius 3 is 2.67 bits per heavy atom. The summed E-state index contributed by atoms with van der Waals surface area (Å²) in [4.78, 5) is 2.54. The van der Waals surface area contributed by atoms with Crippen molar-refractivity contribution < 1.29 is 0 Å². The molecule has 0 bridgehead atoms. The zero-order chi connectivity index (χ0) is 13.0. The molecule has 96 valence electrons. The molecule has 1 unspecified atom stereocenters. The summed E-state index contributed by atoms with van der Waals surface area (Å²) in [5.74, 6) is 0.243. The molecule has 0 spiro atoms. The summed E-state index contributed by atoms with van der Waals surface area (Å²) < 4.78 is 0. The summed E-state index contributed by atoms with van der Waals surface area (Å²) >= 11 is 0. The molecule has 0 aliphatic carbocycles. The average molecular weight is 242 g/mol. The van der Waals surface area contributed by atoms with Gasteiger partial charge in [-0.15, -0.1) is 0 Å². The molecule has 1 aliphatic heterocycles. The lowest BCUT2D eigenvalue weighted by molar-refractivity contribution is 0.0615. The van der Waals surface area contributed by atoms with E-state index in [1.54, 1.807) is 0 Å². The Hall–Kier alpha value is -1.33. The van der Waals surface area contributed by atoms with Crippen LogP contribution < -0.4 is 0 Å². The number of nitriles is 1. The van der Waals surface area contributed by atoms with Gasteiger partial charge in [-0.25, -0.2) is 0 Å². The molecule has 0 aromatic heterocycles. The molecule has 2 rings (SSSR count). The molecular formula is C16H22N2. The monoisotopic (exact) mass is 242 g/mol. The van der Waals surface area contributed by atoms with E-state index in [-0.39, 0.29) is 11.5 Å². The summed E-state index contributed by atoms with van der Waals surface area (Å²) in [7, 11) is 0. The van der Waals surface area contributed by atoms with E-state index in [0.717, 1.165) is 32.4 Å². The van der Waals surface area contributed by atoms with Gasteiger partial charge < -0.3 is 0 Å². The van der Waals surface area contributed by atoms with Crippen LogP contribution in [0, 0.1) is 17.2 Å². The molecule has 1 aliphatic rings. The fourth-order valence-corrected chi connectivity index (χ4v) is 2.88. The third-order valence-corrected chi connectivity index (χ3v) is 4.05. The second-order valence-electron chi connectivity index (χ2n) is 5.85. The summed E-state index contributed by atoms with van der Waals surface area (Å²) in [5, 5.41) is 9.05. The largest absolute Gasteiger partial charge is 0.298 e. The normalized spacial score (nSPS) is 23.5. The minimum absolute atomic E-state index is 0.160. The van der Waals surface area contributed by atoms with Crippen molar-refractivity contribution >= 4 is 0 Å². The van der Waals surface area contributed by atoms with Gasteiger partial charge in [-0.2, -0.15) is 5.26 Å². The van der Waals surface area contributed by atoms with Gasteiger partial charge in [0.2, 0.25) is 0 Å². The van der Waals surface area contributed by atoms with Crippen LogP contribution in [-0.2, 0) is 6.42 Å². The molecule has 2 nitrogen and oxygen atoms in total. The van der Waals surface area contributed by atoms with Crippen LogP contribution in [0.25, 0.3) is 0 Å². The first-order chi connectivity index (χ1) is 8.62. The summed E-state index contributed by atoms with van der Waals surface area (Å²) in [6.07, 6.45) is 3.12. The van der Waals surface area contributed by atoms with E-state index in [2.05, 4.69) is 55.1 Å². The average Bonchev–Trinajstić information content (AvgIpc) is 2.37.